The van der Waals surface area contributed by atoms with E-state index < -0.39 is 0 Å². The zero-order valence-electron chi connectivity index (χ0n) is 35.6. The summed E-state index contributed by atoms with van der Waals surface area (Å²) in [5.74, 6) is 2.24. The molecule has 3 atom stereocenters. The van der Waals surface area contributed by atoms with Crippen LogP contribution in [0.4, 0.5) is 4.39 Å². The molecule has 2 unspecified atom stereocenters. The maximum absolute atomic E-state index is 13.2. The number of hydrogen-bond acceptors (Lipinski definition) is 9. The highest BCUT2D eigenvalue weighted by atomic mass is 35.5. The highest BCUT2D eigenvalue weighted by Gasteiger charge is 2.18. The summed E-state index contributed by atoms with van der Waals surface area (Å²) in [5, 5.41) is 10.7. The van der Waals surface area contributed by atoms with Crippen molar-refractivity contribution in [3.8, 4) is 34.2 Å². The molecule has 6 heterocycles. The standard InChI is InChI=1S/C17H16ClN3O.C17H16FN3O.C17H17N3O/c2*18-13-5-6-14-15(9-13)21-17(20-14)12-3-1-11(2-4-12)16-10-19-7-8-22-16;1-2-4-15-14(3-1)19-17(20-15)13-7-5-12(6-8-13)16-11-18-9-10-21-16/h2*1-6,9,16,19H,7-8,10H2,(H,20,21);1-8,16,18H,9-11H2,(H,19,20)/t;16-;/m.1./s1. The molecular formula is C51H49ClFN9O3. The van der Waals surface area contributed by atoms with Gasteiger partial charge in [-0.3, -0.25) is 0 Å². The number of rotatable bonds is 6. The van der Waals surface area contributed by atoms with Crippen molar-refractivity contribution in [1.29, 1.82) is 0 Å². The third-order valence-electron chi connectivity index (χ3n) is 11.7. The van der Waals surface area contributed by atoms with Crippen molar-refractivity contribution >= 4 is 44.7 Å². The molecule has 0 radical (unpaired) electrons. The summed E-state index contributed by atoms with van der Waals surface area (Å²) in [6.45, 7) is 7.62. The fourth-order valence-electron chi connectivity index (χ4n) is 8.23. The minimum absolute atomic E-state index is 0.104. The molecule has 330 valence electrons. The molecule has 12 nitrogen and oxygen atoms in total. The van der Waals surface area contributed by atoms with Crippen molar-refractivity contribution < 1.29 is 18.6 Å². The molecule has 3 aliphatic heterocycles. The van der Waals surface area contributed by atoms with E-state index in [-0.39, 0.29) is 24.1 Å². The Bertz CT molecular complexity index is 2800. The molecular weight excluding hydrogens is 841 g/mol. The molecule has 0 saturated carbocycles. The lowest BCUT2D eigenvalue weighted by atomic mass is 10.1. The van der Waals surface area contributed by atoms with Crippen LogP contribution in [0.25, 0.3) is 67.3 Å². The van der Waals surface area contributed by atoms with Gasteiger partial charge in [0.15, 0.2) is 0 Å². The van der Waals surface area contributed by atoms with E-state index in [4.69, 9.17) is 25.8 Å². The summed E-state index contributed by atoms with van der Waals surface area (Å²) in [6.07, 6.45) is 0.397. The van der Waals surface area contributed by atoms with E-state index in [0.717, 1.165) is 126 Å². The Morgan fingerprint density at radius 1 is 0.446 bits per heavy atom. The van der Waals surface area contributed by atoms with E-state index in [1.807, 2.05) is 54.6 Å². The second kappa shape index (κ2) is 19.8. The Labute approximate surface area is 380 Å². The molecule has 3 saturated heterocycles. The van der Waals surface area contributed by atoms with Gasteiger partial charge in [-0.15, -0.1) is 0 Å². The first kappa shape index (κ1) is 42.6. The molecule has 3 aliphatic rings. The molecule has 3 fully saturated rings. The Kier molecular flexibility index (Phi) is 13.0. The fourth-order valence-corrected chi connectivity index (χ4v) is 8.40. The summed E-state index contributed by atoms with van der Waals surface area (Å²) < 4.78 is 30.5. The van der Waals surface area contributed by atoms with Crippen molar-refractivity contribution in [2.75, 3.05) is 59.1 Å². The van der Waals surface area contributed by atoms with Gasteiger partial charge in [0.2, 0.25) is 0 Å². The number of hydrogen-bond donors (Lipinski definition) is 6. The van der Waals surface area contributed by atoms with Crippen LogP contribution in [0.5, 0.6) is 0 Å². The Morgan fingerprint density at radius 3 is 1.28 bits per heavy atom. The van der Waals surface area contributed by atoms with Gasteiger partial charge in [-0.2, -0.15) is 0 Å². The van der Waals surface area contributed by atoms with Crippen molar-refractivity contribution in [1.82, 2.24) is 45.9 Å². The van der Waals surface area contributed by atoms with Gasteiger partial charge in [-0.1, -0.05) is 96.5 Å². The zero-order valence-corrected chi connectivity index (χ0v) is 36.4. The molecule has 0 amide bonds. The van der Waals surface area contributed by atoms with Crippen LogP contribution in [0, 0.1) is 5.82 Å². The Balaban J connectivity index is 0.000000115. The number of imidazole rings is 3. The molecule has 0 aliphatic carbocycles. The summed E-state index contributed by atoms with van der Waals surface area (Å²) >= 11 is 6.01. The van der Waals surface area contributed by atoms with Crippen LogP contribution < -0.4 is 16.0 Å². The molecule has 65 heavy (non-hydrogen) atoms. The first-order chi connectivity index (χ1) is 32.0. The fraction of sp³-hybridized carbons (Fsp3) is 0.235. The van der Waals surface area contributed by atoms with Gasteiger partial charge < -0.3 is 45.1 Å². The monoisotopic (exact) mass is 889 g/mol. The average molecular weight is 890 g/mol. The maximum atomic E-state index is 13.2. The smallest absolute Gasteiger partial charge is 0.138 e. The summed E-state index contributed by atoms with van der Waals surface area (Å²) in [7, 11) is 0. The Hall–Kier alpha value is -6.29. The minimum atomic E-state index is -0.264. The second-order valence-corrected chi connectivity index (χ2v) is 16.6. The average Bonchev–Trinajstić information content (AvgIpc) is 4.13. The minimum Gasteiger partial charge on any atom is -0.371 e. The van der Waals surface area contributed by atoms with Crippen LogP contribution in [-0.4, -0.2) is 89.0 Å². The van der Waals surface area contributed by atoms with Crippen molar-refractivity contribution in [2.45, 2.75) is 18.3 Å². The third kappa shape index (κ3) is 10.2. The van der Waals surface area contributed by atoms with Gasteiger partial charge >= 0.3 is 0 Å². The number of nitrogens with zero attached hydrogens (tertiary/aromatic N) is 3. The van der Waals surface area contributed by atoms with E-state index >= 15 is 0 Å². The highest BCUT2D eigenvalue weighted by Crippen LogP contribution is 2.28. The van der Waals surface area contributed by atoms with Crippen molar-refractivity contribution in [3.63, 3.8) is 0 Å². The lowest BCUT2D eigenvalue weighted by Crippen LogP contribution is -2.33. The number of halogens is 2. The first-order valence-corrected chi connectivity index (χ1v) is 22.4. The third-order valence-corrected chi connectivity index (χ3v) is 12.0. The molecule has 3 aromatic heterocycles. The number of para-hydroxylation sites is 2. The van der Waals surface area contributed by atoms with Gasteiger partial charge in [-0.25, -0.2) is 19.3 Å². The maximum Gasteiger partial charge on any atom is 0.138 e. The topological polar surface area (TPSA) is 150 Å². The van der Waals surface area contributed by atoms with Gasteiger partial charge in [0, 0.05) is 61.0 Å². The van der Waals surface area contributed by atoms with Crippen LogP contribution >= 0.6 is 11.6 Å². The van der Waals surface area contributed by atoms with Gasteiger partial charge in [0.1, 0.15) is 23.3 Å². The van der Waals surface area contributed by atoms with Gasteiger partial charge in [-0.05, 0) is 65.2 Å². The van der Waals surface area contributed by atoms with Gasteiger partial charge in [0.05, 0.1) is 71.2 Å². The molecule has 0 spiro atoms. The van der Waals surface area contributed by atoms with Crippen LogP contribution in [0.2, 0.25) is 5.02 Å². The quantitative estimate of drug-likeness (QED) is 0.0960. The number of benzene rings is 6. The van der Waals surface area contributed by atoms with E-state index in [0.29, 0.717) is 10.5 Å². The lowest BCUT2D eigenvalue weighted by Gasteiger charge is -2.24. The number of fused-ring (bicyclic) bond motifs is 3. The summed E-state index contributed by atoms with van der Waals surface area (Å²) in [4.78, 5) is 23.6. The molecule has 0 bridgehead atoms. The first-order valence-electron chi connectivity index (χ1n) is 22.0. The van der Waals surface area contributed by atoms with E-state index in [2.05, 4.69) is 107 Å². The van der Waals surface area contributed by atoms with Crippen molar-refractivity contribution in [2.24, 2.45) is 0 Å². The molecule has 6 N–H and O–H groups in total. The van der Waals surface area contributed by atoms with E-state index in [1.165, 1.54) is 23.3 Å². The molecule has 6 aromatic carbocycles. The number of nitrogens with one attached hydrogen (secondary N) is 6. The molecule has 9 aromatic rings. The predicted molar refractivity (Wildman–Crippen MR) is 254 cm³/mol. The second-order valence-electron chi connectivity index (χ2n) is 16.2. The van der Waals surface area contributed by atoms with Crippen LogP contribution in [0.15, 0.2) is 133 Å². The van der Waals surface area contributed by atoms with Crippen LogP contribution in [0.1, 0.15) is 35.0 Å². The molecule has 12 rings (SSSR count). The zero-order chi connectivity index (χ0) is 44.0. The number of morpholine rings is 3. The number of aromatic nitrogens is 6. The number of H-pyrrole nitrogens is 3. The summed E-state index contributed by atoms with van der Waals surface area (Å²) in [5.41, 5.74) is 12.1. The summed E-state index contributed by atoms with van der Waals surface area (Å²) in [6, 6.07) is 43.3. The van der Waals surface area contributed by atoms with Crippen molar-refractivity contribution in [3.05, 3.63) is 161 Å². The number of ether oxygens (including phenoxy) is 3. The van der Waals surface area contributed by atoms with Crippen LogP contribution in [0.3, 0.4) is 0 Å². The highest BCUT2D eigenvalue weighted by molar-refractivity contribution is 6.31. The SMILES string of the molecule is Clc1ccc2nc(-c3ccc(C4CNCCO4)cc3)[nH]c2c1.Fc1ccc2nc(-c3ccc([C@H]4CNCCO4)cc3)[nH]c2c1.c1ccc2[nH]c(-c3ccc(C4CNCCO4)cc3)nc2c1. The van der Waals surface area contributed by atoms with Crippen LogP contribution in [-0.2, 0) is 14.2 Å². The van der Waals surface area contributed by atoms with Gasteiger partial charge in [0.25, 0.3) is 0 Å². The predicted octanol–water partition coefficient (Wildman–Crippen LogP) is 9.46. The van der Waals surface area contributed by atoms with E-state index in [1.54, 1.807) is 6.07 Å². The molecule has 14 heteroatoms. The normalized spacial score (nSPS) is 18.8. The number of aromatic amines is 3. The van der Waals surface area contributed by atoms with E-state index in [9.17, 15) is 4.39 Å². The largest absolute Gasteiger partial charge is 0.371 e. The lowest BCUT2D eigenvalue weighted by molar-refractivity contribution is 0.0276. The Morgan fingerprint density at radius 2 is 0.846 bits per heavy atom.